The van der Waals surface area contributed by atoms with Gasteiger partial charge in [0.15, 0.2) is 22.6 Å². The second-order valence-corrected chi connectivity index (χ2v) is 12.1. The van der Waals surface area contributed by atoms with Crippen LogP contribution in [0.3, 0.4) is 0 Å². The van der Waals surface area contributed by atoms with Gasteiger partial charge in [-0.05, 0) is 31.5 Å². The maximum atomic E-state index is 14.1. The van der Waals surface area contributed by atoms with Gasteiger partial charge >= 0.3 is 6.18 Å². The van der Waals surface area contributed by atoms with Crippen LogP contribution in [0, 0.1) is 6.92 Å². The molecule has 1 saturated carbocycles. The highest BCUT2D eigenvalue weighted by Crippen LogP contribution is 2.55. The third-order valence-corrected chi connectivity index (χ3v) is 8.85. The van der Waals surface area contributed by atoms with Crippen molar-refractivity contribution in [2.75, 3.05) is 36.4 Å². The summed E-state index contributed by atoms with van der Waals surface area (Å²) in [5.74, 6) is -5.80. The van der Waals surface area contributed by atoms with Crippen molar-refractivity contribution in [1.29, 1.82) is 0 Å². The average molecular weight is 707 g/mol. The molecule has 4 aromatic rings. The summed E-state index contributed by atoms with van der Waals surface area (Å²) in [7, 11) is 0. The number of pyridine rings is 1. The van der Waals surface area contributed by atoms with Gasteiger partial charge < -0.3 is 24.8 Å². The van der Waals surface area contributed by atoms with E-state index in [0.29, 0.717) is 11.8 Å². The standard InChI is InChI=1S/C31H28ClF5N8O4/c1-3-21-25(43-6-8-44(9-7-43)29(49)24-26(47)15(2)39-14-40-24)27(48)23-28(38-12-20(42-23)17-11-30(17,33)34)45(21)13-22(46)41-19-5-4-16(10-18(19)32)31(35,36)37/h4-5,10,12,14,17,47H,3,6-9,11,13H2,1-2H3,(H,41,46)/t17-/m1/s1. The number of carbonyl (C=O) groups excluding carboxylic acids is 2. The van der Waals surface area contributed by atoms with Gasteiger partial charge in [-0.25, -0.2) is 28.7 Å². The molecule has 0 spiro atoms. The molecule has 12 nitrogen and oxygen atoms in total. The van der Waals surface area contributed by atoms with Gasteiger partial charge in [-0.2, -0.15) is 13.2 Å². The van der Waals surface area contributed by atoms with Gasteiger partial charge in [0.2, 0.25) is 11.3 Å². The number of aromatic nitrogens is 5. The molecule has 0 radical (unpaired) electrons. The van der Waals surface area contributed by atoms with Gasteiger partial charge in [-0.1, -0.05) is 18.5 Å². The van der Waals surface area contributed by atoms with E-state index in [1.54, 1.807) is 11.8 Å². The Kier molecular flexibility index (Phi) is 8.67. The number of halogens is 6. The molecule has 0 bridgehead atoms. The fourth-order valence-electron chi connectivity index (χ4n) is 5.83. The zero-order chi connectivity index (χ0) is 35.4. The molecule has 0 unspecified atom stereocenters. The van der Waals surface area contributed by atoms with E-state index in [1.165, 1.54) is 16.4 Å². The van der Waals surface area contributed by atoms with Gasteiger partial charge in [-0.3, -0.25) is 14.4 Å². The number of nitrogens with zero attached hydrogens (tertiary/aromatic N) is 7. The number of carbonyl (C=O) groups is 2. The Bertz CT molecular complexity index is 2050. The van der Waals surface area contributed by atoms with Crippen LogP contribution in [0.4, 0.5) is 33.3 Å². The lowest BCUT2D eigenvalue weighted by molar-refractivity contribution is -0.137. The molecule has 2 N–H and O–H groups in total. The lowest BCUT2D eigenvalue weighted by Gasteiger charge is -2.37. The fourth-order valence-corrected chi connectivity index (χ4v) is 6.06. The van der Waals surface area contributed by atoms with Crippen LogP contribution in [-0.2, 0) is 23.9 Å². The van der Waals surface area contributed by atoms with Crippen LogP contribution in [0.2, 0.25) is 5.02 Å². The van der Waals surface area contributed by atoms with Crippen LogP contribution in [0.15, 0.2) is 35.5 Å². The highest BCUT2D eigenvalue weighted by Gasteiger charge is 2.58. The Morgan fingerprint density at radius 2 is 1.82 bits per heavy atom. The number of fused-ring (bicyclic) bond motifs is 1. The molecular weight excluding hydrogens is 679 g/mol. The number of piperazine rings is 1. The minimum Gasteiger partial charge on any atom is -0.504 e. The van der Waals surface area contributed by atoms with Crippen LogP contribution in [0.5, 0.6) is 5.75 Å². The van der Waals surface area contributed by atoms with Gasteiger partial charge in [0, 0.05) is 38.3 Å². The molecule has 49 heavy (non-hydrogen) atoms. The minimum absolute atomic E-state index is 0.0459. The SMILES string of the molecule is CCc1c(N2CCN(C(=O)c3ncnc(C)c3O)CC2)c(=O)c2nc([C@H]3CC3(F)F)cnc2n1CC(=O)Nc1ccc(C(F)(F)F)cc1Cl. The second-order valence-electron chi connectivity index (χ2n) is 11.7. The van der Waals surface area contributed by atoms with Crippen molar-refractivity contribution < 1.29 is 36.6 Å². The number of hydrogen-bond donors (Lipinski definition) is 2. The summed E-state index contributed by atoms with van der Waals surface area (Å²) >= 11 is 6.05. The number of benzene rings is 1. The van der Waals surface area contributed by atoms with Gasteiger partial charge in [0.25, 0.3) is 11.8 Å². The zero-order valence-corrected chi connectivity index (χ0v) is 26.7. The second kappa shape index (κ2) is 12.5. The van der Waals surface area contributed by atoms with E-state index in [1.807, 2.05) is 0 Å². The summed E-state index contributed by atoms with van der Waals surface area (Å²) in [6.07, 6.45) is -2.59. The molecule has 2 amide bonds. The van der Waals surface area contributed by atoms with Crippen LogP contribution in [0.25, 0.3) is 11.2 Å². The van der Waals surface area contributed by atoms with E-state index in [0.717, 1.165) is 24.7 Å². The largest absolute Gasteiger partial charge is 0.504 e. The molecule has 18 heteroatoms. The highest BCUT2D eigenvalue weighted by atomic mass is 35.5. The third kappa shape index (κ3) is 6.46. The molecule has 258 valence electrons. The minimum atomic E-state index is -4.65. The molecule has 1 aromatic carbocycles. The molecule has 1 atom stereocenters. The Morgan fingerprint density at radius 1 is 1.12 bits per heavy atom. The van der Waals surface area contributed by atoms with Crippen LogP contribution >= 0.6 is 11.6 Å². The third-order valence-electron chi connectivity index (χ3n) is 8.54. The predicted octanol–water partition coefficient (Wildman–Crippen LogP) is 4.55. The first-order valence-corrected chi connectivity index (χ1v) is 15.5. The fraction of sp³-hybridized carbons (Fsp3) is 0.387. The van der Waals surface area contributed by atoms with Crippen molar-refractivity contribution in [2.45, 2.75) is 51.3 Å². The van der Waals surface area contributed by atoms with Crippen LogP contribution < -0.4 is 15.6 Å². The van der Waals surface area contributed by atoms with Crippen molar-refractivity contribution in [1.82, 2.24) is 29.4 Å². The number of aromatic hydroxyl groups is 1. The number of alkyl halides is 5. The Balaban J connectivity index is 1.35. The molecule has 2 fully saturated rings. The molecule has 1 aliphatic heterocycles. The smallest absolute Gasteiger partial charge is 0.416 e. The lowest BCUT2D eigenvalue weighted by atomic mass is 10.1. The average Bonchev–Trinajstić information content (AvgIpc) is 3.71. The summed E-state index contributed by atoms with van der Waals surface area (Å²) in [6, 6.07) is 2.47. The van der Waals surface area contributed by atoms with Crippen molar-refractivity contribution in [3.8, 4) is 5.75 Å². The first kappa shape index (κ1) is 34.0. The van der Waals surface area contributed by atoms with E-state index in [4.69, 9.17) is 11.6 Å². The number of anilines is 2. The van der Waals surface area contributed by atoms with E-state index in [2.05, 4.69) is 25.3 Å². The Labute approximate surface area is 279 Å². The molecule has 1 aliphatic carbocycles. The monoisotopic (exact) mass is 706 g/mol. The molecule has 1 saturated heterocycles. The van der Waals surface area contributed by atoms with Gasteiger partial charge in [0.05, 0.1) is 39.8 Å². The number of aryl methyl sites for hydroxylation is 1. The molecule has 4 heterocycles. The van der Waals surface area contributed by atoms with Crippen molar-refractivity contribution in [2.24, 2.45) is 0 Å². The predicted molar refractivity (Wildman–Crippen MR) is 167 cm³/mol. The number of amides is 2. The first-order chi connectivity index (χ1) is 23.1. The molecule has 3 aromatic heterocycles. The maximum absolute atomic E-state index is 14.1. The summed E-state index contributed by atoms with van der Waals surface area (Å²) in [5, 5.41) is 12.5. The van der Waals surface area contributed by atoms with E-state index in [-0.39, 0.29) is 83.0 Å². The van der Waals surface area contributed by atoms with Crippen LogP contribution in [0.1, 0.15) is 52.4 Å². The normalized spacial score (nSPS) is 17.3. The highest BCUT2D eigenvalue weighted by molar-refractivity contribution is 6.33. The Morgan fingerprint density at radius 3 is 2.43 bits per heavy atom. The maximum Gasteiger partial charge on any atom is 0.416 e. The van der Waals surface area contributed by atoms with Gasteiger partial charge in [-0.15, -0.1) is 0 Å². The van der Waals surface area contributed by atoms with Crippen molar-refractivity contribution in [3.63, 3.8) is 0 Å². The number of hydrogen-bond acceptors (Lipinski definition) is 9. The van der Waals surface area contributed by atoms with E-state index in [9.17, 15) is 41.4 Å². The van der Waals surface area contributed by atoms with Crippen molar-refractivity contribution >= 4 is 46.0 Å². The van der Waals surface area contributed by atoms with Crippen molar-refractivity contribution in [3.05, 3.63) is 74.3 Å². The van der Waals surface area contributed by atoms with E-state index < -0.39 is 53.8 Å². The summed E-state index contributed by atoms with van der Waals surface area (Å²) in [6.45, 7) is 3.31. The number of rotatable bonds is 7. The van der Waals surface area contributed by atoms with Gasteiger partial charge in [0.1, 0.15) is 18.6 Å². The summed E-state index contributed by atoms with van der Waals surface area (Å²) < 4.78 is 68.8. The van der Waals surface area contributed by atoms with Crippen LogP contribution in [-0.4, -0.2) is 78.4 Å². The first-order valence-electron chi connectivity index (χ1n) is 15.1. The summed E-state index contributed by atoms with van der Waals surface area (Å²) in [4.78, 5) is 60.1. The molecular formula is C31H28ClF5N8O4. The molecule has 6 rings (SSSR count). The summed E-state index contributed by atoms with van der Waals surface area (Å²) in [5.41, 5.74) is -1.49. The molecule has 2 aliphatic rings. The topological polar surface area (TPSA) is 146 Å². The quantitative estimate of drug-likeness (QED) is 0.264. The number of nitrogens with one attached hydrogen (secondary N) is 1. The van der Waals surface area contributed by atoms with E-state index >= 15 is 0 Å². The lowest BCUT2D eigenvalue weighted by Crippen LogP contribution is -2.50. The Hall–Kier alpha value is -4.93. The zero-order valence-electron chi connectivity index (χ0n) is 26.0.